The first kappa shape index (κ1) is 29.7. The number of alkyl halides is 3. The fourth-order valence-corrected chi connectivity index (χ4v) is 6.07. The van der Waals surface area contributed by atoms with Gasteiger partial charge in [-0.2, -0.15) is 13.2 Å². The maximum Gasteiger partial charge on any atom is 0.404 e. The second-order valence-electron chi connectivity index (χ2n) is 8.76. The van der Waals surface area contributed by atoms with E-state index in [1.807, 2.05) is 0 Å². The van der Waals surface area contributed by atoms with Crippen molar-refractivity contribution in [1.29, 1.82) is 0 Å². The van der Waals surface area contributed by atoms with Gasteiger partial charge in [-0.15, -0.1) is 20.4 Å². The largest absolute Gasteiger partial charge is 0.461 e. The molecular formula is C23H31F3N6O4S2. The van der Waals surface area contributed by atoms with Gasteiger partial charge in [-0.25, -0.2) is 13.2 Å². The molecule has 0 spiro atoms. The van der Waals surface area contributed by atoms with E-state index in [0.29, 0.717) is 6.42 Å². The Kier molecular flexibility index (Phi) is 9.68. The van der Waals surface area contributed by atoms with Gasteiger partial charge in [0.25, 0.3) is 5.13 Å². The average molecular weight is 577 g/mol. The van der Waals surface area contributed by atoms with E-state index in [0.717, 1.165) is 48.3 Å². The molecule has 1 aromatic carbocycles. The first-order chi connectivity index (χ1) is 17.9. The highest BCUT2D eigenvalue weighted by molar-refractivity contribution is 7.92. The Labute approximate surface area is 223 Å². The minimum absolute atomic E-state index is 0.000393. The number of ether oxygens (including phenoxy) is 1. The molecule has 0 aliphatic carbocycles. The number of carbonyl (C=O) groups excluding carboxylic acids is 1. The Morgan fingerprint density at radius 1 is 1.21 bits per heavy atom. The van der Waals surface area contributed by atoms with Gasteiger partial charge < -0.3 is 9.64 Å². The van der Waals surface area contributed by atoms with Crippen LogP contribution >= 0.6 is 11.3 Å². The normalized spacial score (nSPS) is 16.2. The molecule has 1 N–H and O–H groups in total. The number of carbonyl (C=O) groups is 1. The topological polar surface area (TPSA) is 126 Å². The molecular weight excluding hydrogens is 545 g/mol. The fraction of sp³-hybridized carbons (Fsp3) is 0.609. The number of azo groups is 1. The number of hydrogen-bond acceptors (Lipinski definition) is 10. The van der Waals surface area contributed by atoms with Crippen LogP contribution in [0.3, 0.4) is 0 Å². The summed E-state index contributed by atoms with van der Waals surface area (Å²) < 4.78 is 70.6. The van der Waals surface area contributed by atoms with E-state index in [-0.39, 0.29) is 40.2 Å². The molecule has 1 aliphatic rings. The van der Waals surface area contributed by atoms with Gasteiger partial charge in [0.05, 0.1) is 12.3 Å². The molecule has 0 saturated heterocycles. The molecule has 210 valence electrons. The number of aromatic nitrogens is 2. The number of esters is 1. The number of halogens is 3. The predicted molar refractivity (Wildman–Crippen MR) is 139 cm³/mol. The Bertz CT molecular complexity index is 1260. The lowest BCUT2D eigenvalue weighted by Crippen LogP contribution is -2.45. The molecule has 0 bridgehead atoms. The van der Waals surface area contributed by atoms with Crippen LogP contribution in [0.1, 0.15) is 68.7 Å². The standard InChI is InChI=1S/C23H31F3N6O4S2/c1-5-15(6-2)32-16(7-3)10-9-14-11-17(27-29-22-30-28-20(37-22)21(33)36-8-4)18(12-19(14)32)31-38(34,35)13-23(24,25)26/h11-12,15-16,31H,5-10,13H2,1-4H3. The summed E-state index contributed by atoms with van der Waals surface area (Å²) >= 11 is 0.817. The van der Waals surface area contributed by atoms with Crippen molar-refractivity contribution in [2.24, 2.45) is 10.2 Å². The first-order valence-electron chi connectivity index (χ1n) is 12.4. The van der Waals surface area contributed by atoms with Gasteiger partial charge in [0, 0.05) is 17.8 Å². The van der Waals surface area contributed by atoms with Crippen molar-refractivity contribution < 1.29 is 31.1 Å². The van der Waals surface area contributed by atoms with Crippen LogP contribution < -0.4 is 9.62 Å². The summed E-state index contributed by atoms with van der Waals surface area (Å²) in [4.78, 5) is 14.1. The van der Waals surface area contributed by atoms with Crippen molar-refractivity contribution in [1.82, 2.24) is 10.2 Å². The lowest BCUT2D eigenvalue weighted by molar-refractivity contribution is -0.106. The quantitative estimate of drug-likeness (QED) is 0.251. The average Bonchev–Trinajstić information content (AvgIpc) is 3.31. The van der Waals surface area contributed by atoms with E-state index in [9.17, 15) is 26.4 Å². The van der Waals surface area contributed by atoms with E-state index < -0.39 is 27.9 Å². The van der Waals surface area contributed by atoms with E-state index >= 15 is 0 Å². The van der Waals surface area contributed by atoms with Crippen molar-refractivity contribution in [3.63, 3.8) is 0 Å². The fourth-order valence-electron chi connectivity index (χ4n) is 4.51. The SMILES string of the molecule is CCOC(=O)c1nnc(N=Nc2cc3c(cc2NS(=O)(=O)CC(F)(F)F)N(C(CC)CC)C(CC)CC3)s1. The number of nitrogens with one attached hydrogen (secondary N) is 1. The van der Waals surface area contributed by atoms with E-state index in [1.54, 1.807) is 19.1 Å². The molecule has 1 unspecified atom stereocenters. The van der Waals surface area contributed by atoms with Crippen LogP contribution in [0, 0.1) is 0 Å². The minimum Gasteiger partial charge on any atom is -0.461 e. The highest BCUT2D eigenvalue weighted by atomic mass is 32.2. The Hall–Kier alpha value is -2.81. The number of rotatable bonds is 11. The monoisotopic (exact) mass is 576 g/mol. The van der Waals surface area contributed by atoms with Crippen LogP contribution in [0.2, 0.25) is 0 Å². The summed E-state index contributed by atoms with van der Waals surface area (Å²) in [5.41, 5.74) is 1.56. The number of anilines is 2. The lowest BCUT2D eigenvalue weighted by atomic mass is 9.90. The maximum atomic E-state index is 13.0. The van der Waals surface area contributed by atoms with Crippen molar-refractivity contribution in [3.05, 3.63) is 22.7 Å². The summed E-state index contributed by atoms with van der Waals surface area (Å²) in [6.07, 6.45) is -0.797. The van der Waals surface area contributed by atoms with Crippen molar-refractivity contribution in [2.45, 2.75) is 78.1 Å². The van der Waals surface area contributed by atoms with E-state index in [4.69, 9.17) is 4.74 Å². The zero-order valence-electron chi connectivity index (χ0n) is 21.6. The van der Waals surface area contributed by atoms with E-state index in [2.05, 4.69) is 50.8 Å². The van der Waals surface area contributed by atoms with Gasteiger partial charge >= 0.3 is 12.1 Å². The molecule has 1 aliphatic heterocycles. The van der Waals surface area contributed by atoms with Gasteiger partial charge in [0.1, 0.15) is 5.69 Å². The van der Waals surface area contributed by atoms with Crippen LogP contribution in [0.4, 0.5) is 35.4 Å². The maximum absolute atomic E-state index is 13.0. The van der Waals surface area contributed by atoms with Gasteiger partial charge in [0.2, 0.25) is 15.0 Å². The molecule has 3 rings (SSSR count). The zero-order chi connectivity index (χ0) is 28.1. The molecule has 0 fully saturated rings. The molecule has 0 radical (unpaired) electrons. The second-order valence-corrected chi connectivity index (χ2v) is 11.4. The third-order valence-electron chi connectivity index (χ3n) is 6.15. The van der Waals surface area contributed by atoms with Gasteiger partial charge in [-0.3, -0.25) is 4.72 Å². The highest BCUT2D eigenvalue weighted by Gasteiger charge is 2.36. The summed E-state index contributed by atoms with van der Waals surface area (Å²) in [5, 5.41) is 15.5. The first-order valence-corrected chi connectivity index (χ1v) is 14.8. The summed E-state index contributed by atoms with van der Waals surface area (Å²) in [5.74, 6) is -2.71. The third-order valence-corrected chi connectivity index (χ3v) is 8.18. The van der Waals surface area contributed by atoms with Crippen molar-refractivity contribution in [3.8, 4) is 0 Å². The molecule has 1 aromatic heterocycles. The summed E-state index contributed by atoms with van der Waals surface area (Å²) in [7, 11) is -4.79. The number of nitrogens with zero attached hydrogens (tertiary/aromatic N) is 5. The minimum atomic E-state index is -4.92. The molecule has 0 saturated carbocycles. The van der Waals surface area contributed by atoms with Crippen molar-refractivity contribution in [2.75, 3.05) is 22.0 Å². The number of fused-ring (bicyclic) bond motifs is 1. The smallest absolute Gasteiger partial charge is 0.404 e. The van der Waals surface area contributed by atoms with Crippen LogP contribution in [0.15, 0.2) is 22.4 Å². The molecule has 10 nitrogen and oxygen atoms in total. The number of benzene rings is 1. The number of hydrogen-bond donors (Lipinski definition) is 1. The molecule has 38 heavy (non-hydrogen) atoms. The number of aryl methyl sites for hydroxylation is 1. The summed E-state index contributed by atoms with van der Waals surface area (Å²) in [6, 6.07) is 3.57. The number of sulfonamides is 1. The zero-order valence-corrected chi connectivity index (χ0v) is 23.2. The molecule has 0 amide bonds. The van der Waals surface area contributed by atoms with Crippen LogP contribution in [-0.2, 0) is 21.2 Å². The van der Waals surface area contributed by atoms with E-state index in [1.165, 1.54) is 0 Å². The molecule has 2 heterocycles. The molecule has 1 atom stereocenters. The van der Waals surface area contributed by atoms with Crippen LogP contribution in [0.25, 0.3) is 0 Å². The van der Waals surface area contributed by atoms with Gasteiger partial charge in [-0.05, 0) is 56.7 Å². The predicted octanol–water partition coefficient (Wildman–Crippen LogP) is 6.15. The second kappa shape index (κ2) is 12.4. The van der Waals surface area contributed by atoms with Gasteiger partial charge in [-0.1, -0.05) is 32.1 Å². The lowest BCUT2D eigenvalue weighted by Gasteiger charge is -2.44. The Balaban J connectivity index is 2.07. The Morgan fingerprint density at radius 3 is 2.53 bits per heavy atom. The van der Waals surface area contributed by atoms with Gasteiger partial charge in [0.15, 0.2) is 5.75 Å². The summed E-state index contributed by atoms with van der Waals surface area (Å²) in [6.45, 7) is 8.00. The van der Waals surface area contributed by atoms with Crippen molar-refractivity contribution >= 4 is 49.5 Å². The van der Waals surface area contributed by atoms with Crippen LogP contribution in [-0.4, -0.2) is 55.2 Å². The molecule has 2 aromatic rings. The molecule has 15 heteroatoms. The highest BCUT2D eigenvalue weighted by Crippen LogP contribution is 2.42. The third kappa shape index (κ3) is 7.40. The van der Waals surface area contributed by atoms with Crippen LogP contribution in [0.5, 0.6) is 0 Å². The Morgan fingerprint density at radius 2 is 1.92 bits per heavy atom.